The predicted molar refractivity (Wildman–Crippen MR) is 110 cm³/mol. The first-order chi connectivity index (χ1) is 13.5. The fourth-order valence-electron chi connectivity index (χ4n) is 3.67. The molecule has 28 heavy (non-hydrogen) atoms. The fourth-order valence-corrected chi connectivity index (χ4v) is 3.67. The molecule has 2 aromatic rings. The van der Waals surface area contributed by atoms with Crippen LogP contribution in [0.2, 0.25) is 0 Å². The Bertz CT molecular complexity index is 849. The van der Waals surface area contributed by atoms with Crippen molar-refractivity contribution < 1.29 is 14.3 Å². The SMILES string of the molecule is COc1ccc(/C=C/C(=O)N2CCC(Cn3nc(C)cc3C)CC2)cc1OC. The summed E-state index contributed by atoms with van der Waals surface area (Å²) in [5, 5.41) is 4.55. The number of amides is 1. The minimum absolute atomic E-state index is 0.0550. The quantitative estimate of drug-likeness (QED) is 0.717. The molecule has 6 heteroatoms. The van der Waals surface area contributed by atoms with Gasteiger partial charge in [0.25, 0.3) is 0 Å². The molecule has 1 aliphatic rings. The number of piperidine rings is 1. The van der Waals surface area contributed by atoms with Gasteiger partial charge in [0.15, 0.2) is 11.5 Å². The third-order valence-electron chi connectivity index (χ3n) is 5.29. The highest BCUT2D eigenvalue weighted by atomic mass is 16.5. The molecule has 0 atom stereocenters. The number of rotatable bonds is 6. The van der Waals surface area contributed by atoms with Crippen LogP contribution in [0, 0.1) is 19.8 Å². The number of nitrogens with zero attached hydrogens (tertiary/aromatic N) is 3. The largest absolute Gasteiger partial charge is 0.493 e. The molecule has 1 aliphatic heterocycles. The maximum absolute atomic E-state index is 12.5. The van der Waals surface area contributed by atoms with E-state index in [1.807, 2.05) is 36.1 Å². The van der Waals surface area contributed by atoms with Gasteiger partial charge in [-0.15, -0.1) is 0 Å². The molecule has 6 nitrogen and oxygen atoms in total. The lowest BCUT2D eigenvalue weighted by molar-refractivity contribution is -0.127. The Hall–Kier alpha value is -2.76. The van der Waals surface area contributed by atoms with E-state index in [1.165, 1.54) is 5.69 Å². The monoisotopic (exact) mass is 383 g/mol. The molecule has 0 spiro atoms. The minimum atomic E-state index is 0.0550. The number of likely N-dealkylation sites (tertiary alicyclic amines) is 1. The number of carbonyl (C=O) groups is 1. The molecule has 0 unspecified atom stereocenters. The normalized spacial score (nSPS) is 15.2. The van der Waals surface area contributed by atoms with E-state index in [0.29, 0.717) is 17.4 Å². The maximum Gasteiger partial charge on any atom is 0.246 e. The van der Waals surface area contributed by atoms with Gasteiger partial charge in [-0.3, -0.25) is 9.48 Å². The molecule has 2 heterocycles. The second-order valence-electron chi connectivity index (χ2n) is 7.33. The number of aryl methyl sites for hydroxylation is 2. The lowest BCUT2D eigenvalue weighted by Gasteiger charge is -2.31. The molecular formula is C22H29N3O3. The summed E-state index contributed by atoms with van der Waals surface area (Å²) >= 11 is 0. The first-order valence-corrected chi connectivity index (χ1v) is 9.70. The van der Waals surface area contributed by atoms with Gasteiger partial charge in [0.1, 0.15) is 0 Å². The van der Waals surface area contributed by atoms with Crippen molar-refractivity contribution in [2.45, 2.75) is 33.2 Å². The van der Waals surface area contributed by atoms with Crippen LogP contribution in [0.1, 0.15) is 29.8 Å². The highest BCUT2D eigenvalue weighted by Crippen LogP contribution is 2.28. The molecule has 0 radical (unpaired) electrons. The van der Waals surface area contributed by atoms with Gasteiger partial charge in [-0.2, -0.15) is 5.10 Å². The molecule has 1 amide bonds. The summed E-state index contributed by atoms with van der Waals surface area (Å²) in [4.78, 5) is 14.5. The Kier molecular flexibility index (Phi) is 6.39. The van der Waals surface area contributed by atoms with Crippen LogP contribution in [0.15, 0.2) is 30.3 Å². The maximum atomic E-state index is 12.5. The predicted octanol–water partition coefficient (Wildman–Crippen LogP) is 3.47. The zero-order chi connectivity index (χ0) is 20.1. The van der Waals surface area contributed by atoms with Gasteiger partial charge in [-0.1, -0.05) is 6.07 Å². The Labute approximate surface area is 166 Å². The number of aromatic nitrogens is 2. The molecule has 0 N–H and O–H groups in total. The van der Waals surface area contributed by atoms with E-state index in [2.05, 4.69) is 22.8 Å². The zero-order valence-corrected chi connectivity index (χ0v) is 17.1. The van der Waals surface area contributed by atoms with Gasteiger partial charge in [-0.25, -0.2) is 0 Å². The molecule has 1 fully saturated rings. The van der Waals surface area contributed by atoms with Crippen LogP contribution in [-0.4, -0.2) is 47.9 Å². The molecule has 1 aromatic heterocycles. The van der Waals surface area contributed by atoms with Crippen molar-refractivity contribution >= 4 is 12.0 Å². The fraction of sp³-hybridized carbons (Fsp3) is 0.455. The van der Waals surface area contributed by atoms with Crippen molar-refractivity contribution in [3.63, 3.8) is 0 Å². The summed E-state index contributed by atoms with van der Waals surface area (Å²) in [7, 11) is 3.21. The zero-order valence-electron chi connectivity index (χ0n) is 17.1. The van der Waals surface area contributed by atoms with Crippen LogP contribution in [0.3, 0.4) is 0 Å². The van der Waals surface area contributed by atoms with Crippen molar-refractivity contribution in [2.24, 2.45) is 5.92 Å². The van der Waals surface area contributed by atoms with Crippen LogP contribution in [0.4, 0.5) is 0 Å². The minimum Gasteiger partial charge on any atom is -0.493 e. The van der Waals surface area contributed by atoms with Crippen molar-refractivity contribution in [2.75, 3.05) is 27.3 Å². The Morgan fingerprint density at radius 1 is 1.14 bits per heavy atom. The summed E-state index contributed by atoms with van der Waals surface area (Å²) in [6.07, 6.45) is 5.48. The van der Waals surface area contributed by atoms with Gasteiger partial charge in [0.2, 0.25) is 5.91 Å². The van der Waals surface area contributed by atoms with E-state index in [1.54, 1.807) is 20.3 Å². The number of hydrogen-bond acceptors (Lipinski definition) is 4. The van der Waals surface area contributed by atoms with Gasteiger partial charge < -0.3 is 14.4 Å². The number of carbonyl (C=O) groups excluding carboxylic acids is 1. The summed E-state index contributed by atoms with van der Waals surface area (Å²) in [5.74, 6) is 1.95. The third kappa shape index (κ3) is 4.74. The Morgan fingerprint density at radius 3 is 2.46 bits per heavy atom. The van der Waals surface area contributed by atoms with E-state index in [4.69, 9.17) is 9.47 Å². The number of ether oxygens (including phenoxy) is 2. The van der Waals surface area contributed by atoms with E-state index < -0.39 is 0 Å². The highest BCUT2D eigenvalue weighted by Gasteiger charge is 2.22. The molecule has 1 saturated heterocycles. The summed E-state index contributed by atoms with van der Waals surface area (Å²) in [5.41, 5.74) is 3.17. The van der Waals surface area contributed by atoms with Crippen molar-refractivity contribution in [1.82, 2.24) is 14.7 Å². The number of hydrogen-bond donors (Lipinski definition) is 0. The highest BCUT2D eigenvalue weighted by molar-refractivity contribution is 5.91. The smallest absolute Gasteiger partial charge is 0.246 e. The lowest BCUT2D eigenvalue weighted by atomic mass is 9.96. The molecule has 0 aliphatic carbocycles. The van der Waals surface area contributed by atoms with E-state index >= 15 is 0 Å². The van der Waals surface area contributed by atoms with Crippen molar-refractivity contribution in [1.29, 1.82) is 0 Å². The Balaban J connectivity index is 1.53. The van der Waals surface area contributed by atoms with Crippen LogP contribution in [0.5, 0.6) is 11.5 Å². The lowest BCUT2D eigenvalue weighted by Crippen LogP contribution is -2.38. The second-order valence-corrected chi connectivity index (χ2v) is 7.33. The van der Waals surface area contributed by atoms with Gasteiger partial charge in [0, 0.05) is 31.4 Å². The molecular weight excluding hydrogens is 354 g/mol. The van der Waals surface area contributed by atoms with Gasteiger partial charge >= 0.3 is 0 Å². The van der Waals surface area contributed by atoms with Crippen molar-refractivity contribution in [3.8, 4) is 11.5 Å². The number of benzene rings is 1. The van der Waals surface area contributed by atoms with Crippen LogP contribution in [-0.2, 0) is 11.3 Å². The topological polar surface area (TPSA) is 56.6 Å². The molecule has 150 valence electrons. The van der Waals surface area contributed by atoms with Crippen LogP contribution < -0.4 is 9.47 Å². The van der Waals surface area contributed by atoms with Crippen molar-refractivity contribution in [3.05, 3.63) is 47.3 Å². The van der Waals surface area contributed by atoms with Crippen LogP contribution >= 0.6 is 0 Å². The van der Waals surface area contributed by atoms with Gasteiger partial charge in [0.05, 0.1) is 19.9 Å². The summed E-state index contributed by atoms with van der Waals surface area (Å²) in [6, 6.07) is 7.72. The first kappa shape index (κ1) is 20.0. The Morgan fingerprint density at radius 2 is 1.86 bits per heavy atom. The summed E-state index contributed by atoms with van der Waals surface area (Å²) in [6.45, 7) is 6.63. The summed E-state index contributed by atoms with van der Waals surface area (Å²) < 4.78 is 12.6. The first-order valence-electron chi connectivity index (χ1n) is 9.70. The third-order valence-corrected chi connectivity index (χ3v) is 5.29. The molecule has 3 rings (SSSR count). The van der Waals surface area contributed by atoms with E-state index in [0.717, 1.165) is 43.7 Å². The average molecular weight is 383 g/mol. The van der Waals surface area contributed by atoms with Gasteiger partial charge in [-0.05, 0) is 62.4 Å². The molecule has 0 saturated carbocycles. The average Bonchev–Trinajstić information content (AvgIpc) is 3.03. The van der Waals surface area contributed by atoms with E-state index in [-0.39, 0.29) is 5.91 Å². The number of methoxy groups -OCH3 is 2. The van der Waals surface area contributed by atoms with Crippen LogP contribution in [0.25, 0.3) is 6.08 Å². The molecule has 1 aromatic carbocycles. The molecule has 0 bridgehead atoms. The standard InChI is InChI=1S/C22H29N3O3/c1-16-13-17(2)25(23-16)15-19-9-11-24(12-10-19)22(26)8-6-18-5-7-20(27-3)21(14-18)28-4/h5-8,13-14,19H,9-12,15H2,1-4H3/b8-6+. The van der Waals surface area contributed by atoms with E-state index in [9.17, 15) is 4.79 Å². The second kappa shape index (κ2) is 8.95.